The van der Waals surface area contributed by atoms with Gasteiger partial charge in [0.1, 0.15) is 5.60 Å². The van der Waals surface area contributed by atoms with Crippen molar-refractivity contribution in [3.8, 4) is 0 Å². The molecular weight excluding hydrogens is 502 g/mol. The third kappa shape index (κ3) is 12.3. The van der Waals surface area contributed by atoms with E-state index in [2.05, 4.69) is 12.2 Å². The number of carboxylic acid groups (broad SMARTS) is 3. The Hall–Kier alpha value is -2.16. The van der Waals surface area contributed by atoms with Gasteiger partial charge in [-0.15, -0.1) is 0 Å². The van der Waals surface area contributed by atoms with Crippen molar-refractivity contribution in [1.82, 2.24) is 5.32 Å². The van der Waals surface area contributed by atoms with Gasteiger partial charge in [0.05, 0.1) is 24.7 Å². The third-order valence-electron chi connectivity index (χ3n) is 8.99. The Labute approximate surface area is 234 Å². The number of ether oxygens (including phenoxy) is 1. The van der Waals surface area contributed by atoms with Crippen molar-refractivity contribution < 1.29 is 39.2 Å². The summed E-state index contributed by atoms with van der Waals surface area (Å²) in [6, 6.07) is 0. The topological polar surface area (TPSA) is 150 Å². The number of unbranched alkanes of at least 4 members (excludes halogenated alkanes) is 4. The van der Waals surface area contributed by atoms with Crippen LogP contribution in [0.15, 0.2) is 0 Å². The van der Waals surface area contributed by atoms with Gasteiger partial charge >= 0.3 is 23.9 Å². The van der Waals surface area contributed by atoms with Gasteiger partial charge in [-0.05, 0) is 58.0 Å². The van der Waals surface area contributed by atoms with Crippen LogP contribution in [0.5, 0.6) is 0 Å². The standard InChI is InChI=1S/C30H53NO8/c1-6-7-8-9-10-12-21(22-14-17-31-18-15-22)13-11-16-29(2,3)30(4,5)39-28(38)24(20-26(34)35)23(27(36)37)19-25(32)33/h21-24,31H,6-20H2,1-5H3,(H,32,33)(H,34,35)(H,36,37). The van der Waals surface area contributed by atoms with Crippen LogP contribution in [-0.4, -0.2) is 57.9 Å². The molecule has 1 saturated heterocycles. The van der Waals surface area contributed by atoms with E-state index in [1.54, 1.807) is 13.8 Å². The van der Waals surface area contributed by atoms with E-state index in [1.165, 1.54) is 51.4 Å². The predicted octanol–water partition coefficient (Wildman–Crippen LogP) is 5.75. The smallest absolute Gasteiger partial charge is 0.310 e. The second-order valence-electron chi connectivity index (χ2n) is 12.5. The number of rotatable bonds is 20. The number of hydrogen-bond acceptors (Lipinski definition) is 6. The first kappa shape index (κ1) is 34.9. The molecule has 1 aliphatic rings. The summed E-state index contributed by atoms with van der Waals surface area (Å²) in [5, 5.41) is 31.4. The summed E-state index contributed by atoms with van der Waals surface area (Å²) in [7, 11) is 0. The van der Waals surface area contributed by atoms with Crippen LogP contribution in [0.2, 0.25) is 0 Å². The molecule has 0 radical (unpaired) electrons. The van der Waals surface area contributed by atoms with E-state index in [0.717, 1.165) is 38.3 Å². The van der Waals surface area contributed by atoms with Gasteiger partial charge in [0.15, 0.2) is 0 Å². The first-order valence-corrected chi connectivity index (χ1v) is 14.8. The number of carboxylic acids is 3. The van der Waals surface area contributed by atoms with Crippen LogP contribution < -0.4 is 5.32 Å². The van der Waals surface area contributed by atoms with Crippen molar-refractivity contribution >= 4 is 23.9 Å². The summed E-state index contributed by atoms with van der Waals surface area (Å²) in [6.07, 6.45) is 11.2. The highest BCUT2D eigenvalue weighted by Crippen LogP contribution is 2.41. The largest absolute Gasteiger partial charge is 0.481 e. The highest BCUT2D eigenvalue weighted by atomic mass is 16.6. The molecule has 0 aromatic rings. The van der Waals surface area contributed by atoms with E-state index in [0.29, 0.717) is 5.92 Å². The van der Waals surface area contributed by atoms with Crippen LogP contribution in [0, 0.1) is 29.1 Å². The summed E-state index contributed by atoms with van der Waals surface area (Å²) >= 11 is 0. The lowest BCUT2D eigenvalue weighted by Gasteiger charge is -2.42. The van der Waals surface area contributed by atoms with Crippen LogP contribution >= 0.6 is 0 Å². The van der Waals surface area contributed by atoms with Crippen LogP contribution in [0.4, 0.5) is 0 Å². The molecule has 39 heavy (non-hydrogen) atoms. The number of carbonyl (C=O) groups is 4. The Bertz CT molecular complexity index is 788. The molecule has 226 valence electrons. The Kier molecular flexibility index (Phi) is 15.0. The van der Waals surface area contributed by atoms with Gasteiger partial charge in [0.2, 0.25) is 0 Å². The van der Waals surface area contributed by atoms with Crippen LogP contribution in [-0.2, 0) is 23.9 Å². The minimum Gasteiger partial charge on any atom is -0.481 e. The number of piperidine rings is 1. The molecule has 0 aromatic heterocycles. The molecule has 1 fully saturated rings. The van der Waals surface area contributed by atoms with Gasteiger partial charge in [-0.2, -0.15) is 0 Å². The summed E-state index contributed by atoms with van der Waals surface area (Å²) in [5.74, 6) is -7.20. The summed E-state index contributed by atoms with van der Waals surface area (Å²) in [4.78, 5) is 47.4. The lowest BCUT2D eigenvalue weighted by Crippen LogP contribution is -2.46. The second kappa shape index (κ2) is 16.8. The van der Waals surface area contributed by atoms with E-state index in [9.17, 15) is 29.4 Å². The number of esters is 1. The van der Waals surface area contributed by atoms with Crippen molar-refractivity contribution in [2.24, 2.45) is 29.1 Å². The van der Waals surface area contributed by atoms with Crippen molar-refractivity contribution in [3.63, 3.8) is 0 Å². The van der Waals surface area contributed by atoms with Crippen molar-refractivity contribution in [2.75, 3.05) is 13.1 Å². The fraction of sp³-hybridized carbons (Fsp3) is 0.867. The van der Waals surface area contributed by atoms with Gasteiger partial charge < -0.3 is 25.4 Å². The van der Waals surface area contributed by atoms with E-state index in [-0.39, 0.29) is 0 Å². The Morgan fingerprint density at radius 1 is 0.821 bits per heavy atom. The molecule has 0 bridgehead atoms. The average molecular weight is 556 g/mol. The molecule has 9 heteroatoms. The molecule has 3 atom stereocenters. The Morgan fingerprint density at radius 2 is 1.36 bits per heavy atom. The number of hydrogen-bond donors (Lipinski definition) is 4. The van der Waals surface area contributed by atoms with Gasteiger partial charge in [0.25, 0.3) is 0 Å². The van der Waals surface area contributed by atoms with Gasteiger partial charge in [-0.3, -0.25) is 19.2 Å². The first-order valence-electron chi connectivity index (χ1n) is 14.8. The SMILES string of the molecule is CCCCCCCC(CCCC(C)(C)C(C)(C)OC(=O)C(CC(=O)O)C(CC(=O)O)C(=O)O)C1CCNCC1. The monoisotopic (exact) mass is 555 g/mol. The van der Waals surface area contributed by atoms with Gasteiger partial charge in [0, 0.05) is 5.41 Å². The Morgan fingerprint density at radius 3 is 1.90 bits per heavy atom. The zero-order valence-electron chi connectivity index (χ0n) is 24.8. The molecular formula is C30H53NO8. The number of nitrogens with one attached hydrogen (secondary N) is 1. The minimum absolute atomic E-state index is 0.470. The highest BCUT2D eigenvalue weighted by Gasteiger charge is 2.45. The minimum atomic E-state index is -1.69. The maximum Gasteiger partial charge on any atom is 0.310 e. The summed E-state index contributed by atoms with van der Waals surface area (Å²) in [5.41, 5.74) is -1.49. The second-order valence-corrected chi connectivity index (χ2v) is 12.5. The fourth-order valence-corrected chi connectivity index (χ4v) is 5.68. The fourth-order valence-electron chi connectivity index (χ4n) is 5.68. The molecule has 1 heterocycles. The van der Waals surface area contributed by atoms with Crippen molar-refractivity contribution in [1.29, 1.82) is 0 Å². The van der Waals surface area contributed by atoms with Crippen molar-refractivity contribution in [2.45, 2.75) is 124 Å². The lowest BCUT2D eigenvalue weighted by molar-refractivity contribution is -0.181. The number of aliphatic carboxylic acids is 3. The molecule has 0 amide bonds. The molecule has 0 spiro atoms. The quantitative estimate of drug-likeness (QED) is 0.109. The van der Waals surface area contributed by atoms with Crippen LogP contribution in [0.25, 0.3) is 0 Å². The molecule has 1 aliphatic heterocycles. The van der Waals surface area contributed by atoms with Crippen LogP contribution in [0.1, 0.15) is 118 Å². The molecule has 9 nitrogen and oxygen atoms in total. The highest BCUT2D eigenvalue weighted by molar-refractivity contribution is 5.87. The first-order chi connectivity index (χ1) is 18.2. The maximum absolute atomic E-state index is 13.1. The lowest BCUT2D eigenvalue weighted by atomic mass is 9.71. The predicted molar refractivity (Wildman–Crippen MR) is 149 cm³/mol. The third-order valence-corrected chi connectivity index (χ3v) is 8.99. The molecule has 0 saturated carbocycles. The van der Waals surface area contributed by atoms with E-state index < -0.39 is 59.6 Å². The molecule has 4 N–H and O–H groups in total. The average Bonchev–Trinajstić information content (AvgIpc) is 2.84. The summed E-state index contributed by atoms with van der Waals surface area (Å²) in [6.45, 7) is 11.9. The zero-order chi connectivity index (χ0) is 29.6. The zero-order valence-corrected chi connectivity index (χ0v) is 24.8. The van der Waals surface area contributed by atoms with E-state index in [1.807, 2.05) is 13.8 Å². The van der Waals surface area contributed by atoms with E-state index in [4.69, 9.17) is 9.84 Å². The van der Waals surface area contributed by atoms with Gasteiger partial charge in [-0.1, -0.05) is 72.1 Å². The van der Waals surface area contributed by atoms with Crippen LogP contribution in [0.3, 0.4) is 0 Å². The van der Waals surface area contributed by atoms with Gasteiger partial charge in [-0.25, -0.2) is 0 Å². The molecule has 1 rings (SSSR count). The molecule has 3 unspecified atom stereocenters. The number of carbonyl (C=O) groups excluding carboxylic acids is 1. The molecule has 0 aliphatic carbocycles. The van der Waals surface area contributed by atoms with Crippen molar-refractivity contribution in [3.05, 3.63) is 0 Å². The van der Waals surface area contributed by atoms with E-state index >= 15 is 0 Å². The Balaban J connectivity index is 2.86. The normalized spacial score (nSPS) is 17.3. The molecule has 0 aromatic carbocycles. The summed E-state index contributed by atoms with van der Waals surface area (Å²) < 4.78 is 5.79. The maximum atomic E-state index is 13.1.